The van der Waals surface area contributed by atoms with Crippen LogP contribution in [-0.4, -0.2) is 23.0 Å². The molecule has 28 heavy (non-hydrogen) atoms. The van der Waals surface area contributed by atoms with Crippen molar-refractivity contribution in [2.45, 2.75) is 80.1 Å². The highest BCUT2D eigenvalue weighted by Gasteiger charge is 2.40. The van der Waals surface area contributed by atoms with Crippen LogP contribution in [0.2, 0.25) is 0 Å². The molecule has 1 aliphatic heterocycles. The van der Waals surface area contributed by atoms with E-state index in [1.807, 2.05) is 97.0 Å². The fourth-order valence-electron chi connectivity index (χ4n) is 2.98. The number of cyclic esters (lactones) is 1. The Bertz CT molecular complexity index is 628. The zero-order valence-electron chi connectivity index (χ0n) is 19.0. The first-order chi connectivity index (χ1) is 13.7. The molecule has 156 valence electrons. The van der Waals surface area contributed by atoms with E-state index in [9.17, 15) is 4.79 Å². The van der Waals surface area contributed by atoms with Gasteiger partial charge in [-0.3, -0.25) is 4.90 Å². The van der Waals surface area contributed by atoms with E-state index in [4.69, 9.17) is 4.74 Å². The van der Waals surface area contributed by atoms with E-state index in [-0.39, 0.29) is 24.2 Å². The van der Waals surface area contributed by atoms with Gasteiger partial charge in [0.15, 0.2) is 0 Å². The van der Waals surface area contributed by atoms with Crippen molar-refractivity contribution in [3.63, 3.8) is 0 Å². The summed E-state index contributed by atoms with van der Waals surface area (Å²) in [6.45, 7) is 16.8. The molecule has 1 fully saturated rings. The highest BCUT2D eigenvalue weighted by Crippen LogP contribution is 2.32. The highest BCUT2D eigenvalue weighted by atomic mass is 16.5. The van der Waals surface area contributed by atoms with Gasteiger partial charge in [-0.05, 0) is 25.0 Å². The van der Waals surface area contributed by atoms with Crippen molar-refractivity contribution in [2.24, 2.45) is 0 Å². The van der Waals surface area contributed by atoms with Gasteiger partial charge in [0.1, 0.15) is 12.1 Å². The van der Waals surface area contributed by atoms with Gasteiger partial charge >= 0.3 is 5.97 Å². The smallest absolute Gasteiger partial charge is 0.328 e. The van der Waals surface area contributed by atoms with E-state index < -0.39 is 0 Å². The number of benzene rings is 2. The fourth-order valence-corrected chi connectivity index (χ4v) is 2.98. The molecule has 0 saturated carbocycles. The van der Waals surface area contributed by atoms with Crippen molar-refractivity contribution >= 4 is 5.97 Å². The van der Waals surface area contributed by atoms with Gasteiger partial charge in [-0.15, -0.1) is 0 Å². The molecule has 1 heterocycles. The molecule has 2 aromatic rings. The van der Waals surface area contributed by atoms with Crippen LogP contribution in [0, 0.1) is 0 Å². The number of morpholine rings is 1. The van der Waals surface area contributed by atoms with Gasteiger partial charge in [-0.1, -0.05) is 102 Å². The van der Waals surface area contributed by atoms with Crippen LogP contribution in [0.5, 0.6) is 0 Å². The molecule has 0 amide bonds. The van der Waals surface area contributed by atoms with Crippen molar-refractivity contribution in [1.29, 1.82) is 0 Å². The van der Waals surface area contributed by atoms with E-state index in [2.05, 4.69) is 24.0 Å². The van der Waals surface area contributed by atoms with Crippen LogP contribution < -0.4 is 0 Å². The maximum absolute atomic E-state index is 12.5. The molecule has 3 heteroatoms. The molecule has 3 rings (SSSR count). The minimum atomic E-state index is -0.340. The molecule has 2 unspecified atom stereocenters. The number of carbonyl (C=O) groups excluding carboxylic acids is 1. The van der Waals surface area contributed by atoms with Gasteiger partial charge in [0.2, 0.25) is 0 Å². The third-order valence-corrected chi connectivity index (χ3v) is 4.38. The molecule has 3 atom stereocenters. The summed E-state index contributed by atoms with van der Waals surface area (Å²) < 4.78 is 5.55. The molecule has 0 aromatic heterocycles. The number of carbonyl (C=O) groups is 1. The zero-order valence-corrected chi connectivity index (χ0v) is 19.0. The van der Waals surface area contributed by atoms with Crippen molar-refractivity contribution in [1.82, 2.24) is 4.90 Å². The van der Waals surface area contributed by atoms with Crippen LogP contribution in [0.1, 0.15) is 72.6 Å². The van der Waals surface area contributed by atoms with E-state index in [1.165, 1.54) is 5.56 Å². The van der Waals surface area contributed by atoms with Gasteiger partial charge in [0.05, 0.1) is 0 Å². The number of esters is 1. The predicted octanol–water partition coefficient (Wildman–Crippen LogP) is 6.64. The van der Waals surface area contributed by atoms with Gasteiger partial charge in [0, 0.05) is 12.6 Å². The van der Waals surface area contributed by atoms with Gasteiger partial charge in [-0.25, -0.2) is 4.79 Å². The molecular weight excluding hydrogens is 346 g/mol. The summed E-state index contributed by atoms with van der Waals surface area (Å²) in [4.78, 5) is 14.7. The second-order valence-electron chi connectivity index (χ2n) is 5.85. The Labute approximate surface area is 172 Å². The molecule has 1 saturated heterocycles. The van der Waals surface area contributed by atoms with Crippen LogP contribution in [0.25, 0.3) is 0 Å². The lowest BCUT2D eigenvalue weighted by atomic mass is 9.98. The highest BCUT2D eigenvalue weighted by molar-refractivity contribution is 5.78. The molecular formula is C25H39NO2. The van der Waals surface area contributed by atoms with E-state index in [0.717, 1.165) is 12.1 Å². The molecule has 0 radical (unpaired) electrons. The van der Waals surface area contributed by atoms with Gasteiger partial charge in [-0.2, -0.15) is 0 Å². The predicted molar refractivity (Wildman–Crippen MR) is 120 cm³/mol. The summed E-state index contributed by atoms with van der Waals surface area (Å²) in [7, 11) is 0. The van der Waals surface area contributed by atoms with E-state index in [0.29, 0.717) is 0 Å². The lowest BCUT2D eigenvalue weighted by Crippen LogP contribution is -2.52. The molecule has 0 spiro atoms. The van der Waals surface area contributed by atoms with Crippen LogP contribution in [-0.2, 0) is 16.1 Å². The number of hydrogen-bond acceptors (Lipinski definition) is 3. The Kier molecular flexibility index (Phi) is 13.7. The minimum Gasteiger partial charge on any atom is -0.460 e. The van der Waals surface area contributed by atoms with Gasteiger partial charge in [0.25, 0.3) is 0 Å². The molecule has 1 aliphatic rings. The monoisotopic (exact) mass is 385 g/mol. The van der Waals surface area contributed by atoms with Crippen LogP contribution in [0.4, 0.5) is 0 Å². The second kappa shape index (κ2) is 14.9. The Morgan fingerprint density at radius 3 is 1.75 bits per heavy atom. The summed E-state index contributed by atoms with van der Waals surface area (Å²) in [5.74, 6) is -0.160. The molecule has 3 nitrogen and oxygen atoms in total. The third-order valence-electron chi connectivity index (χ3n) is 4.38. The third kappa shape index (κ3) is 7.12. The number of hydrogen-bond donors (Lipinski definition) is 0. The maximum Gasteiger partial charge on any atom is 0.328 e. The number of ether oxygens (including phenoxy) is 1. The standard InChI is InChI=1S/C19H21NO2.3C2H6/c1-14-15(2)22-19(21)18(17-11-7-4-8-12-17)20(14)13-16-9-5-3-6-10-16;3*1-2/h3-12,14-15,18H,13H2,1-2H3;3*1-2H3/t14?,15?,18-;;;/m0.../s1. The van der Waals surface area contributed by atoms with Crippen LogP contribution in [0.3, 0.4) is 0 Å². The van der Waals surface area contributed by atoms with Crippen molar-refractivity contribution in [3.8, 4) is 0 Å². The maximum atomic E-state index is 12.5. The van der Waals surface area contributed by atoms with E-state index >= 15 is 0 Å². The Morgan fingerprint density at radius 2 is 1.25 bits per heavy atom. The summed E-state index contributed by atoms with van der Waals surface area (Å²) in [5, 5.41) is 0. The van der Waals surface area contributed by atoms with E-state index in [1.54, 1.807) is 0 Å². The normalized spacial score (nSPS) is 20.9. The topological polar surface area (TPSA) is 29.5 Å². The Morgan fingerprint density at radius 1 is 0.786 bits per heavy atom. The summed E-state index contributed by atoms with van der Waals surface area (Å²) in [6, 6.07) is 20.0. The van der Waals surface area contributed by atoms with Gasteiger partial charge < -0.3 is 4.74 Å². The number of rotatable bonds is 3. The first-order valence-corrected chi connectivity index (χ1v) is 10.7. The summed E-state index contributed by atoms with van der Waals surface area (Å²) >= 11 is 0. The quantitative estimate of drug-likeness (QED) is 0.554. The second-order valence-corrected chi connectivity index (χ2v) is 5.85. The lowest BCUT2D eigenvalue weighted by Gasteiger charge is -2.42. The first kappa shape index (κ1) is 25.9. The average Bonchev–Trinajstić information content (AvgIpc) is 2.77. The SMILES string of the molecule is CC.CC.CC.CC1OC(=O)[C@H](c2ccccc2)N(Cc2ccccc2)C1C. The Balaban J connectivity index is 0.00000111. The number of nitrogens with zero attached hydrogens (tertiary/aromatic N) is 1. The van der Waals surface area contributed by atoms with Crippen LogP contribution in [0.15, 0.2) is 60.7 Å². The Hall–Kier alpha value is -2.13. The fraction of sp³-hybridized carbons (Fsp3) is 0.480. The summed E-state index contributed by atoms with van der Waals surface area (Å²) in [6.07, 6.45) is -0.101. The van der Waals surface area contributed by atoms with Crippen molar-refractivity contribution in [3.05, 3.63) is 71.8 Å². The average molecular weight is 386 g/mol. The van der Waals surface area contributed by atoms with Crippen LogP contribution >= 0.6 is 0 Å². The molecule has 0 aliphatic carbocycles. The lowest BCUT2D eigenvalue weighted by molar-refractivity contribution is -0.172. The van der Waals surface area contributed by atoms with Crippen molar-refractivity contribution in [2.75, 3.05) is 0 Å². The largest absolute Gasteiger partial charge is 0.460 e. The zero-order chi connectivity index (χ0) is 21.5. The molecule has 0 N–H and O–H groups in total. The minimum absolute atomic E-state index is 0.101. The molecule has 2 aromatic carbocycles. The molecule has 0 bridgehead atoms. The van der Waals surface area contributed by atoms with Crippen molar-refractivity contribution < 1.29 is 9.53 Å². The first-order valence-electron chi connectivity index (χ1n) is 10.7. The summed E-state index contributed by atoms with van der Waals surface area (Å²) in [5.41, 5.74) is 2.19.